The lowest BCUT2D eigenvalue weighted by Gasteiger charge is -2.17. The maximum Gasteiger partial charge on any atom is 0.333 e. The lowest BCUT2D eigenvalue weighted by molar-refractivity contribution is -0.152. The summed E-state index contributed by atoms with van der Waals surface area (Å²) < 4.78 is 5.20. The van der Waals surface area contributed by atoms with Crippen molar-refractivity contribution in [2.24, 2.45) is 0 Å². The van der Waals surface area contributed by atoms with Crippen molar-refractivity contribution in [3.63, 3.8) is 0 Å². The number of carbonyl (C=O) groups is 4. The first-order valence-corrected chi connectivity index (χ1v) is 13.8. The molecule has 1 heterocycles. The van der Waals surface area contributed by atoms with E-state index in [1.807, 2.05) is 30.5 Å². The number of amides is 1. The molecule has 0 aliphatic carbocycles. The summed E-state index contributed by atoms with van der Waals surface area (Å²) in [5, 5.41) is 28.1. The van der Waals surface area contributed by atoms with Gasteiger partial charge in [-0.05, 0) is 25.0 Å². The van der Waals surface area contributed by atoms with Crippen LogP contribution in [0.15, 0.2) is 30.5 Å². The molecule has 2 atom stereocenters. The van der Waals surface area contributed by atoms with Crippen molar-refractivity contribution in [2.45, 2.75) is 103 Å². The zero-order valence-electron chi connectivity index (χ0n) is 23.1. The maximum absolute atomic E-state index is 12.4. The summed E-state index contributed by atoms with van der Waals surface area (Å²) in [4.78, 5) is 47.5. The number of aliphatic hydroxyl groups excluding tert-OH is 1. The van der Waals surface area contributed by atoms with Crippen LogP contribution in [0.5, 0.6) is 0 Å². The molecule has 2 rings (SSSR count). The van der Waals surface area contributed by atoms with Gasteiger partial charge in [0, 0.05) is 29.9 Å². The van der Waals surface area contributed by atoms with Crippen LogP contribution in [0.3, 0.4) is 0 Å². The summed E-state index contributed by atoms with van der Waals surface area (Å²) in [7, 11) is 0. The second-order valence-corrected chi connectivity index (χ2v) is 9.47. The van der Waals surface area contributed by atoms with Crippen LogP contribution in [0.2, 0.25) is 0 Å². The molecule has 0 saturated heterocycles. The minimum Gasteiger partial charge on any atom is -0.481 e. The number of rotatable bonds is 18. The fourth-order valence-corrected chi connectivity index (χ4v) is 4.07. The smallest absolute Gasteiger partial charge is 0.333 e. The van der Waals surface area contributed by atoms with Gasteiger partial charge in [-0.15, -0.1) is 0 Å². The molecule has 0 aliphatic heterocycles. The van der Waals surface area contributed by atoms with Gasteiger partial charge in [-0.25, -0.2) is 9.59 Å². The summed E-state index contributed by atoms with van der Waals surface area (Å²) in [6, 6.07) is 7.31. The van der Waals surface area contributed by atoms with Crippen molar-refractivity contribution in [2.75, 3.05) is 6.61 Å². The predicted molar refractivity (Wildman–Crippen MR) is 148 cm³/mol. The van der Waals surface area contributed by atoms with Gasteiger partial charge in [0.05, 0.1) is 13.0 Å². The number of carboxylic acids is 2. The van der Waals surface area contributed by atoms with Gasteiger partial charge >= 0.3 is 17.9 Å². The van der Waals surface area contributed by atoms with Crippen LogP contribution in [-0.2, 0) is 30.3 Å². The average Bonchev–Trinajstić information content (AvgIpc) is 3.30. The Morgan fingerprint density at radius 1 is 0.923 bits per heavy atom. The summed E-state index contributed by atoms with van der Waals surface area (Å²) in [6.45, 7) is 4.32. The quantitative estimate of drug-likeness (QED) is 0.133. The number of para-hydroxylation sites is 1. The zero-order chi connectivity index (χ0) is 29.0. The van der Waals surface area contributed by atoms with E-state index in [2.05, 4.69) is 17.2 Å². The number of aliphatic hydroxyl groups is 1. The van der Waals surface area contributed by atoms with Gasteiger partial charge in [0.15, 0.2) is 6.10 Å². The van der Waals surface area contributed by atoms with Gasteiger partial charge in [0.1, 0.15) is 6.04 Å². The monoisotopic (exact) mass is 548 g/mol. The molecule has 1 aromatic heterocycles. The number of hydrogen-bond acceptors (Lipinski definition) is 6. The molecule has 0 saturated carbocycles. The first-order valence-electron chi connectivity index (χ1n) is 13.8. The van der Waals surface area contributed by atoms with E-state index in [9.17, 15) is 19.2 Å². The third kappa shape index (κ3) is 14.4. The number of aromatic amines is 1. The predicted octanol–water partition coefficient (Wildman–Crippen LogP) is 4.59. The van der Waals surface area contributed by atoms with E-state index in [1.165, 1.54) is 44.9 Å². The second-order valence-electron chi connectivity index (χ2n) is 9.47. The van der Waals surface area contributed by atoms with E-state index in [-0.39, 0.29) is 11.9 Å². The summed E-state index contributed by atoms with van der Waals surface area (Å²) in [6.07, 6.45) is 11.2. The minimum atomic E-state index is -1.79. The third-order valence-electron chi connectivity index (χ3n) is 6.17. The maximum atomic E-state index is 12.4. The number of ether oxygens (including phenoxy) is 1. The molecule has 5 N–H and O–H groups in total. The first-order chi connectivity index (χ1) is 18.7. The molecular formula is C29H44N2O8. The number of carboxylic acid groups (broad SMARTS) is 2. The normalized spacial score (nSPS) is 12.2. The van der Waals surface area contributed by atoms with Crippen molar-refractivity contribution in [1.29, 1.82) is 0 Å². The molecule has 10 nitrogen and oxygen atoms in total. The van der Waals surface area contributed by atoms with Crippen LogP contribution in [0, 0.1) is 0 Å². The number of benzene rings is 1. The van der Waals surface area contributed by atoms with Crippen LogP contribution in [0.1, 0.15) is 90.0 Å². The standard InChI is InChI=1S/C25H38N2O3.C4H6O5/c1-3-5-6-7-8-9-10-11-12-17-24(28)27-23(25(29)30-4-2)18-20-19-26-22-16-14-13-15-21(20)22;5-2(4(8)9)1-3(6)7/h13-16,19,23,26H,3-12,17-18H2,1-2H3,(H,27,28);2,5H,1H2,(H,6,7)(H,8,9)/t23-;/m0./s1. The molecule has 10 heteroatoms. The number of nitrogens with one attached hydrogen (secondary N) is 2. The Morgan fingerprint density at radius 2 is 1.54 bits per heavy atom. The number of carbonyl (C=O) groups excluding carboxylic acids is 2. The molecule has 1 unspecified atom stereocenters. The van der Waals surface area contributed by atoms with Crippen LogP contribution in [0.25, 0.3) is 10.9 Å². The Labute approximate surface area is 230 Å². The lowest BCUT2D eigenvalue weighted by Crippen LogP contribution is -2.43. The molecular weight excluding hydrogens is 504 g/mol. The fraction of sp³-hybridized carbons (Fsp3) is 0.586. The van der Waals surface area contributed by atoms with Crippen LogP contribution >= 0.6 is 0 Å². The summed E-state index contributed by atoms with van der Waals surface area (Å²) in [5.41, 5.74) is 2.03. The highest BCUT2D eigenvalue weighted by Crippen LogP contribution is 2.19. The fourth-order valence-electron chi connectivity index (χ4n) is 4.07. The average molecular weight is 549 g/mol. The topological polar surface area (TPSA) is 166 Å². The SMILES string of the molecule is CCCCCCCCCCCC(=O)N[C@@H](Cc1c[nH]c2ccccc12)C(=O)OCC.O=C(O)CC(O)C(=O)O. The summed E-state index contributed by atoms with van der Waals surface area (Å²) >= 11 is 0. The molecule has 1 amide bonds. The number of hydrogen-bond donors (Lipinski definition) is 5. The van der Waals surface area contributed by atoms with E-state index >= 15 is 0 Å². The largest absolute Gasteiger partial charge is 0.481 e. The van der Waals surface area contributed by atoms with Crippen molar-refractivity contribution in [1.82, 2.24) is 10.3 Å². The van der Waals surface area contributed by atoms with Crippen molar-refractivity contribution < 1.29 is 39.2 Å². The van der Waals surface area contributed by atoms with Crippen molar-refractivity contribution >= 4 is 34.7 Å². The van der Waals surface area contributed by atoms with Crippen LogP contribution in [-0.4, -0.2) is 62.9 Å². The highest BCUT2D eigenvalue weighted by molar-refractivity contribution is 5.87. The van der Waals surface area contributed by atoms with Gasteiger partial charge in [-0.3, -0.25) is 9.59 Å². The first kappa shape index (κ1) is 33.6. The number of unbranched alkanes of at least 4 members (excludes halogenated alkanes) is 8. The molecule has 0 radical (unpaired) electrons. The molecule has 0 fully saturated rings. The van der Waals surface area contributed by atoms with E-state index in [4.69, 9.17) is 20.1 Å². The van der Waals surface area contributed by atoms with Gasteiger partial charge in [-0.1, -0.05) is 76.5 Å². The van der Waals surface area contributed by atoms with Crippen LogP contribution in [0.4, 0.5) is 0 Å². The number of aromatic nitrogens is 1. The Hall–Kier alpha value is -3.40. The number of H-pyrrole nitrogens is 1. The Morgan fingerprint density at radius 3 is 2.10 bits per heavy atom. The highest BCUT2D eigenvalue weighted by atomic mass is 16.5. The minimum absolute atomic E-state index is 0.0733. The Kier molecular flexibility index (Phi) is 16.9. The van der Waals surface area contributed by atoms with Gasteiger partial charge in [0.2, 0.25) is 5.91 Å². The number of esters is 1. The van der Waals surface area contributed by atoms with Crippen molar-refractivity contribution in [3.8, 4) is 0 Å². The molecule has 0 spiro atoms. The Bertz CT molecular complexity index is 1020. The van der Waals surface area contributed by atoms with E-state index < -0.39 is 30.5 Å². The Balaban J connectivity index is 0.000000724. The third-order valence-corrected chi connectivity index (χ3v) is 6.17. The molecule has 0 aliphatic rings. The van der Waals surface area contributed by atoms with E-state index in [0.29, 0.717) is 19.4 Å². The molecule has 2 aromatic rings. The number of aliphatic carboxylic acids is 2. The lowest BCUT2D eigenvalue weighted by atomic mass is 10.0. The highest BCUT2D eigenvalue weighted by Gasteiger charge is 2.23. The van der Waals surface area contributed by atoms with Crippen LogP contribution < -0.4 is 5.32 Å². The van der Waals surface area contributed by atoms with Gasteiger partial charge < -0.3 is 30.4 Å². The molecule has 39 heavy (non-hydrogen) atoms. The second kappa shape index (κ2) is 19.6. The number of fused-ring (bicyclic) bond motifs is 1. The molecule has 0 bridgehead atoms. The molecule has 1 aromatic carbocycles. The van der Waals surface area contributed by atoms with Gasteiger partial charge in [0.25, 0.3) is 0 Å². The van der Waals surface area contributed by atoms with E-state index in [1.54, 1.807) is 6.92 Å². The molecule has 218 valence electrons. The van der Waals surface area contributed by atoms with Gasteiger partial charge in [-0.2, -0.15) is 0 Å². The zero-order valence-corrected chi connectivity index (χ0v) is 23.1. The summed E-state index contributed by atoms with van der Waals surface area (Å²) in [5.74, 6) is -3.29. The van der Waals surface area contributed by atoms with Crippen molar-refractivity contribution in [3.05, 3.63) is 36.0 Å². The van der Waals surface area contributed by atoms with E-state index in [0.717, 1.165) is 29.3 Å².